The summed E-state index contributed by atoms with van der Waals surface area (Å²) in [6.45, 7) is 1.26. The molecule has 3 amide bonds. The minimum Gasteiger partial charge on any atom is -0.489 e. The average Bonchev–Trinajstić information content (AvgIpc) is 3.09. The number of hydrogen-bond donors (Lipinski definition) is 1. The lowest BCUT2D eigenvalue weighted by Gasteiger charge is -2.29. The number of amides is 3. The quantitative estimate of drug-likeness (QED) is 0.669. The Labute approximate surface area is 200 Å². The number of carbonyl (C=O) groups is 3. The summed E-state index contributed by atoms with van der Waals surface area (Å²) < 4.78 is 61.0. The Morgan fingerprint density at radius 3 is 2.61 bits per heavy atom. The lowest BCUT2D eigenvalue weighted by atomic mass is 10.0. The van der Waals surface area contributed by atoms with Gasteiger partial charge >= 0.3 is 0 Å². The van der Waals surface area contributed by atoms with Crippen molar-refractivity contribution in [3.63, 3.8) is 0 Å². The fraction of sp³-hybridized carbons (Fsp3) is 0.400. The van der Waals surface area contributed by atoms with Gasteiger partial charge < -0.3 is 14.4 Å². The van der Waals surface area contributed by atoms with Crippen molar-refractivity contribution in [2.75, 3.05) is 26.3 Å². The molecule has 0 aliphatic carbocycles. The summed E-state index contributed by atoms with van der Waals surface area (Å²) in [6, 6.07) is 9.79. The minimum absolute atomic E-state index is 0.0293. The van der Waals surface area contributed by atoms with E-state index in [0.717, 1.165) is 30.8 Å². The highest BCUT2D eigenvalue weighted by molar-refractivity contribution is 6.05. The van der Waals surface area contributed by atoms with Gasteiger partial charge in [0.2, 0.25) is 11.8 Å². The van der Waals surface area contributed by atoms with Crippen molar-refractivity contribution in [3.05, 3.63) is 64.7 Å². The lowest BCUT2D eigenvalue weighted by molar-refractivity contribution is -0.136. The molecule has 8 nitrogen and oxygen atoms in total. The molecule has 1 N–H and O–H groups in total. The van der Waals surface area contributed by atoms with Gasteiger partial charge in [0.05, 0.1) is 22.5 Å². The van der Waals surface area contributed by atoms with Crippen LogP contribution < -0.4 is 10.1 Å². The third kappa shape index (κ3) is 4.62. The zero-order valence-corrected chi connectivity index (χ0v) is 17.8. The fourth-order valence-corrected chi connectivity index (χ4v) is 3.94. The largest absolute Gasteiger partial charge is 0.489 e. The summed E-state index contributed by atoms with van der Waals surface area (Å²) in [5.41, 5.74) is 1.59. The van der Waals surface area contributed by atoms with E-state index in [1.807, 2.05) is 24.3 Å². The van der Waals surface area contributed by atoms with Crippen LogP contribution in [0.2, 0.25) is 0 Å². The molecule has 172 valence electrons. The minimum atomic E-state index is -3.21. The third-order valence-corrected chi connectivity index (χ3v) is 5.70. The molecule has 1 unspecified atom stereocenters. The summed E-state index contributed by atoms with van der Waals surface area (Å²) in [7, 11) is 0. The van der Waals surface area contributed by atoms with Crippen molar-refractivity contribution in [2.24, 2.45) is 0 Å². The van der Waals surface area contributed by atoms with Gasteiger partial charge in [-0.3, -0.25) is 24.6 Å². The maximum absolute atomic E-state index is 13.3. The second-order valence-corrected chi connectivity index (χ2v) is 7.95. The Kier molecular flexibility index (Phi) is 4.40. The van der Waals surface area contributed by atoms with Crippen LogP contribution in [-0.2, 0) is 34.0 Å². The molecule has 2 aromatic carbocycles. The summed E-state index contributed by atoms with van der Waals surface area (Å²) >= 11 is 0. The van der Waals surface area contributed by atoms with Crippen LogP contribution in [0.15, 0.2) is 42.5 Å². The number of carbonyl (C=O) groups excluding carboxylic acids is 3. The smallest absolute Gasteiger partial charge is 0.255 e. The van der Waals surface area contributed by atoms with Crippen LogP contribution in [0.5, 0.6) is 5.75 Å². The van der Waals surface area contributed by atoms with Gasteiger partial charge in [-0.2, -0.15) is 0 Å². The van der Waals surface area contributed by atoms with Gasteiger partial charge in [0.15, 0.2) is 0 Å². The van der Waals surface area contributed by atoms with E-state index in [1.165, 1.54) is 18.2 Å². The van der Waals surface area contributed by atoms with E-state index in [-0.39, 0.29) is 23.5 Å². The van der Waals surface area contributed by atoms with Crippen LogP contribution in [0.25, 0.3) is 0 Å². The molecule has 1 atom stereocenters. The second-order valence-electron chi connectivity index (χ2n) is 7.95. The molecule has 8 heteroatoms. The van der Waals surface area contributed by atoms with Gasteiger partial charge in [-0.1, -0.05) is 30.3 Å². The van der Waals surface area contributed by atoms with Gasteiger partial charge in [0, 0.05) is 42.6 Å². The molecule has 2 aromatic rings. The molecule has 0 radical (unpaired) electrons. The standard InChI is InChI=1S/C25H27N3O5/c29-23-9-8-21(24(30)26-23)28-15-20-19(25(28)31)2-1-3-22(20)33-16-18-6-4-17(5-7-18)14-27-10-12-32-13-11-27/h1-7,21H,8-16H2,(H,26,29,30)/i8D2,9D2,15D2. The van der Waals surface area contributed by atoms with E-state index in [0.29, 0.717) is 18.1 Å². The molecule has 0 saturated carbocycles. The van der Waals surface area contributed by atoms with Gasteiger partial charge in [-0.15, -0.1) is 0 Å². The molecular formula is C25H27N3O5. The Balaban J connectivity index is 1.37. The molecule has 5 rings (SSSR count). The summed E-state index contributed by atoms with van der Waals surface area (Å²) in [5, 5.41) is 1.73. The Morgan fingerprint density at radius 2 is 1.82 bits per heavy atom. The topological polar surface area (TPSA) is 88.2 Å². The number of hydrogen-bond acceptors (Lipinski definition) is 6. The number of imide groups is 1. The van der Waals surface area contributed by atoms with Gasteiger partial charge in [-0.05, 0) is 29.6 Å². The van der Waals surface area contributed by atoms with Crippen molar-refractivity contribution in [1.29, 1.82) is 0 Å². The zero-order chi connectivity index (χ0) is 28.2. The molecule has 0 aromatic heterocycles. The first-order valence-electron chi connectivity index (χ1n) is 13.7. The van der Waals surface area contributed by atoms with Crippen LogP contribution in [0.1, 0.15) is 48.0 Å². The number of ether oxygens (including phenoxy) is 2. The SMILES string of the molecule is [2H]C1([2H])c2c(OCc3ccc(CN4CCOCC4)cc3)cccc2C(=O)N1C1C(=O)NC(=O)C([2H])([2H])C1([2H])[2H]. The number of benzene rings is 2. The maximum atomic E-state index is 13.3. The Morgan fingerprint density at radius 1 is 1.06 bits per heavy atom. The second kappa shape index (κ2) is 9.33. The highest BCUT2D eigenvalue weighted by Gasteiger charge is 2.40. The highest BCUT2D eigenvalue weighted by atomic mass is 16.5. The number of fused-ring (bicyclic) bond motifs is 1. The predicted octanol–water partition coefficient (Wildman–Crippen LogP) is 1.86. The number of piperidine rings is 1. The highest BCUT2D eigenvalue weighted by Crippen LogP contribution is 2.34. The Hall–Kier alpha value is -3.23. The summed E-state index contributed by atoms with van der Waals surface area (Å²) in [6.07, 6.45) is -6.40. The first-order chi connectivity index (χ1) is 18.4. The van der Waals surface area contributed by atoms with E-state index >= 15 is 0 Å². The van der Waals surface area contributed by atoms with E-state index < -0.39 is 43.0 Å². The molecule has 0 spiro atoms. The van der Waals surface area contributed by atoms with Gasteiger partial charge in [0.1, 0.15) is 18.4 Å². The van der Waals surface area contributed by atoms with E-state index in [2.05, 4.69) is 4.90 Å². The fourth-order valence-electron chi connectivity index (χ4n) is 3.94. The summed E-state index contributed by atoms with van der Waals surface area (Å²) in [5.74, 6) is -3.77. The maximum Gasteiger partial charge on any atom is 0.255 e. The lowest BCUT2D eigenvalue weighted by Crippen LogP contribution is -2.52. The molecule has 3 heterocycles. The number of nitrogens with one attached hydrogen (secondary N) is 1. The molecule has 33 heavy (non-hydrogen) atoms. The third-order valence-electron chi connectivity index (χ3n) is 5.70. The molecule has 2 saturated heterocycles. The number of rotatable bonds is 6. The van der Waals surface area contributed by atoms with Crippen LogP contribution in [0.4, 0.5) is 0 Å². The molecular weight excluding hydrogens is 422 g/mol. The molecule has 2 fully saturated rings. The monoisotopic (exact) mass is 455 g/mol. The molecule has 0 bridgehead atoms. The number of nitrogens with zero attached hydrogens (tertiary/aromatic N) is 2. The van der Waals surface area contributed by atoms with Crippen molar-refractivity contribution < 1.29 is 32.1 Å². The zero-order valence-electron chi connectivity index (χ0n) is 23.8. The van der Waals surface area contributed by atoms with Gasteiger partial charge in [-0.25, -0.2) is 0 Å². The number of morpholine rings is 1. The normalized spacial score (nSPS) is 28.4. The first-order valence-corrected chi connectivity index (χ1v) is 10.7. The predicted molar refractivity (Wildman–Crippen MR) is 119 cm³/mol. The van der Waals surface area contributed by atoms with Crippen molar-refractivity contribution >= 4 is 17.7 Å². The van der Waals surface area contributed by atoms with E-state index in [1.54, 1.807) is 5.32 Å². The van der Waals surface area contributed by atoms with Crippen LogP contribution in [0, 0.1) is 0 Å². The molecule has 3 aliphatic heterocycles. The average molecular weight is 456 g/mol. The van der Waals surface area contributed by atoms with E-state index in [4.69, 9.17) is 17.7 Å². The van der Waals surface area contributed by atoms with Crippen molar-refractivity contribution in [2.45, 2.75) is 38.4 Å². The van der Waals surface area contributed by atoms with Gasteiger partial charge in [0.25, 0.3) is 5.91 Å². The molecule has 3 aliphatic rings. The summed E-state index contributed by atoms with van der Waals surface area (Å²) in [4.78, 5) is 40.7. The van der Waals surface area contributed by atoms with Crippen molar-refractivity contribution in [1.82, 2.24) is 15.1 Å². The van der Waals surface area contributed by atoms with Crippen LogP contribution >= 0.6 is 0 Å². The first kappa shape index (κ1) is 15.6. The van der Waals surface area contributed by atoms with Crippen molar-refractivity contribution in [3.8, 4) is 5.75 Å². The van der Waals surface area contributed by atoms with Crippen LogP contribution in [0.3, 0.4) is 0 Å². The van der Waals surface area contributed by atoms with Crippen LogP contribution in [-0.4, -0.2) is 59.9 Å². The van der Waals surface area contributed by atoms with E-state index in [9.17, 15) is 14.4 Å². The Bertz CT molecular complexity index is 1310.